The van der Waals surface area contributed by atoms with Crippen LogP contribution in [-0.2, 0) is 6.54 Å². The molecule has 0 radical (unpaired) electrons. The van der Waals surface area contributed by atoms with Crippen molar-refractivity contribution < 1.29 is 9.50 Å². The van der Waals surface area contributed by atoms with E-state index in [4.69, 9.17) is 0 Å². The largest absolute Gasteiger partial charge is 0.383 e. The fraction of sp³-hybridized carbons (Fsp3) is 0.333. The minimum atomic E-state index is -0.885. The molecule has 0 aliphatic carbocycles. The molecule has 5 heteroatoms. The SMILES string of the molecule is CCCn1cc(C(O)c2cncc(F)c2)cn1. The van der Waals surface area contributed by atoms with Gasteiger partial charge in [-0.25, -0.2) is 4.39 Å². The summed E-state index contributed by atoms with van der Waals surface area (Å²) in [6.45, 7) is 2.85. The fourth-order valence-corrected chi connectivity index (χ4v) is 1.64. The van der Waals surface area contributed by atoms with Crippen molar-refractivity contribution in [2.24, 2.45) is 0 Å². The molecular weight excluding hydrogens is 221 g/mol. The molecule has 2 rings (SSSR count). The molecule has 0 fully saturated rings. The van der Waals surface area contributed by atoms with E-state index in [2.05, 4.69) is 10.1 Å². The Labute approximate surface area is 98.7 Å². The van der Waals surface area contributed by atoms with Crippen molar-refractivity contribution in [3.63, 3.8) is 0 Å². The molecule has 1 unspecified atom stereocenters. The summed E-state index contributed by atoms with van der Waals surface area (Å²) in [4.78, 5) is 3.71. The molecule has 0 aromatic carbocycles. The van der Waals surface area contributed by atoms with E-state index in [1.165, 1.54) is 12.3 Å². The zero-order valence-electron chi connectivity index (χ0n) is 9.55. The van der Waals surface area contributed by atoms with Gasteiger partial charge in [-0.3, -0.25) is 9.67 Å². The van der Waals surface area contributed by atoms with Crippen molar-refractivity contribution in [1.82, 2.24) is 14.8 Å². The summed E-state index contributed by atoms with van der Waals surface area (Å²) >= 11 is 0. The predicted octanol–water partition coefficient (Wildman–Crippen LogP) is 1.91. The number of pyridine rings is 1. The number of hydrogen-bond acceptors (Lipinski definition) is 3. The van der Waals surface area contributed by atoms with Crippen LogP contribution in [0.4, 0.5) is 4.39 Å². The highest BCUT2D eigenvalue weighted by atomic mass is 19.1. The third-order valence-electron chi connectivity index (χ3n) is 2.46. The van der Waals surface area contributed by atoms with Crippen molar-refractivity contribution >= 4 is 0 Å². The zero-order valence-corrected chi connectivity index (χ0v) is 9.55. The van der Waals surface area contributed by atoms with Gasteiger partial charge in [-0.1, -0.05) is 6.92 Å². The van der Waals surface area contributed by atoms with Gasteiger partial charge >= 0.3 is 0 Å². The number of halogens is 1. The lowest BCUT2D eigenvalue weighted by Crippen LogP contribution is -2.00. The Morgan fingerprint density at radius 3 is 2.88 bits per heavy atom. The third-order valence-corrected chi connectivity index (χ3v) is 2.46. The third kappa shape index (κ3) is 2.68. The second-order valence-electron chi connectivity index (χ2n) is 3.88. The van der Waals surface area contributed by atoms with Gasteiger partial charge in [-0.15, -0.1) is 0 Å². The van der Waals surface area contributed by atoms with Crippen molar-refractivity contribution in [3.05, 3.63) is 47.8 Å². The summed E-state index contributed by atoms with van der Waals surface area (Å²) in [7, 11) is 0. The average molecular weight is 235 g/mol. The minimum Gasteiger partial charge on any atom is -0.383 e. The van der Waals surface area contributed by atoms with E-state index in [9.17, 15) is 9.50 Å². The van der Waals surface area contributed by atoms with E-state index in [0.29, 0.717) is 11.1 Å². The van der Waals surface area contributed by atoms with Crippen LogP contribution in [0, 0.1) is 5.82 Å². The average Bonchev–Trinajstić information content (AvgIpc) is 2.77. The summed E-state index contributed by atoms with van der Waals surface area (Å²) in [6.07, 6.45) is 5.99. The summed E-state index contributed by atoms with van der Waals surface area (Å²) < 4.78 is 14.7. The van der Waals surface area contributed by atoms with Crippen molar-refractivity contribution in [2.75, 3.05) is 0 Å². The summed E-state index contributed by atoms with van der Waals surface area (Å²) in [5.74, 6) is -0.456. The highest BCUT2D eigenvalue weighted by Crippen LogP contribution is 2.21. The van der Waals surface area contributed by atoms with E-state index in [0.717, 1.165) is 19.2 Å². The second-order valence-corrected chi connectivity index (χ2v) is 3.88. The van der Waals surface area contributed by atoms with Gasteiger partial charge in [-0.2, -0.15) is 5.10 Å². The lowest BCUT2D eigenvalue weighted by molar-refractivity contribution is 0.219. The van der Waals surface area contributed by atoms with Crippen molar-refractivity contribution in [1.29, 1.82) is 0 Å². The first-order valence-electron chi connectivity index (χ1n) is 5.51. The number of aryl methyl sites for hydroxylation is 1. The molecule has 0 aliphatic rings. The number of rotatable bonds is 4. The first kappa shape index (κ1) is 11.7. The van der Waals surface area contributed by atoms with Gasteiger partial charge in [0.1, 0.15) is 11.9 Å². The molecule has 2 aromatic heterocycles. The van der Waals surface area contributed by atoms with E-state index in [1.807, 2.05) is 6.92 Å². The van der Waals surface area contributed by atoms with Gasteiger partial charge in [0, 0.05) is 30.1 Å². The van der Waals surface area contributed by atoms with Crippen LogP contribution in [0.25, 0.3) is 0 Å². The quantitative estimate of drug-likeness (QED) is 0.880. The smallest absolute Gasteiger partial charge is 0.141 e. The molecule has 2 aromatic rings. The number of aliphatic hydroxyl groups excluding tert-OH is 1. The van der Waals surface area contributed by atoms with Crippen molar-refractivity contribution in [2.45, 2.75) is 26.0 Å². The minimum absolute atomic E-state index is 0.432. The Kier molecular flexibility index (Phi) is 3.49. The lowest BCUT2D eigenvalue weighted by Gasteiger charge is -2.07. The molecule has 1 atom stereocenters. The summed E-state index contributed by atoms with van der Waals surface area (Å²) in [6, 6.07) is 1.27. The first-order valence-corrected chi connectivity index (χ1v) is 5.51. The standard InChI is InChI=1S/C12H14FN3O/c1-2-3-16-8-10(6-15-16)12(17)9-4-11(13)7-14-5-9/h4-8,12,17H,2-3H2,1H3. The predicted molar refractivity (Wildman–Crippen MR) is 60.8 cm³/mol. The van der Waals surface area contributed by atoms with Gasteiger partial charge in [-0.05, 0) is 12.5 Å². The van der Waals surface area contributed by atoms with Gasteiger partial charge < -0.3 is 5.11 Å². The maximum absolute atomic E-state index is 13.0. The number of hydrogen-bond donors (Lipinski definition) is 1. The Morgan fingerprint density at radius 2 is 2.18 bits per heavy atom. The Balaban J connectivity index is 2.21. The molecule has 1 N–H and O–H groups in total. The molecule has 0 aliphatic heterocycles. The summed E-state index contributed by atoms with van der Waals surface area (Å²) in [5, 5.41) is 14.2. The molecule has 0 amide bonds. The van der Waals surface area contributed by atoms with Gasteiger partial charge in [0.2, 0.25) is 0 Å². The van der Waals surface area contributed by atoms with Gasteiger partial charge in [0.05, 0.1) is 12.4 Å². The normalized spacial score (nSPS) is 12.6. The van der Waals surface area contributed by atoms with Crippen LogP contribution in [0.1, 0.15) is 30.6 Å². The molecular formula is C12H14FN3O. The Morgan fingerprint density at radius 1 is 1.35 bits per heavy atom. The Hall–Kier alpha value is -1.75. The van der Waals surface area contributed by atoms with Crippen molar-refractivity contribution in [3.8, 4) is 0 Å². The van der Waals surface area contributed by atoms with Crippen LogP contribution in [0.15, 0.2) is 30.9 Å². The second kappa shape index (κ2) is 5.05. The topological polar surface area (TPSA) is 50.9 Å². The monoisotopic (exact) mass is 235 g/mol. The highest BCUT2D eigenvalue weighted by Gasteiger charge is 2.13. The summed E-state index contributed by atoms with van der Waals surface area (Å²) in [5.41, 5.74) is 1.08. The van der Waals surface area contributed by atoms with Gasteiger partial charge in [0.15, 0.2) is 0 Å². The van der Waals surface area contributed by atoms with Crippen LogP contribution >= 0.6 is 0 Å². The molecule has 17 heavy (non-hydrogen) atoms. The molecule has 90 valence electrons. The molecule has 0 spiro atoms. The highest BCUT2D eigenvalue weighted by molar-refractivity contribution is 5.24. The van der Waals surface area contributed by atoms with Crippen LogP contribution in [-0.4, -0.2) is 19.9 Å². The van der Waals surface area contributed by atoms with Crippen LogP contribution < -0.4 is 0 Å². The zero-order chi connectivity index (χ0) is 12.3. The molecule has 4 nitrogen and oxygen atoms in total. The lowest BCUT2D eigenvalue weighted by atomic mass is 10.1. The first-order chi connectivity index (χ1) is 8.20. The van der Waals surface area contributed by atoms with Crippen LogP contribution in [0.3, 0.4) is 0 Å². The van der Waals surface area contributed by atoms with Crippen LogP contribution in [0.2, 0.25) is 0 Å². The van der Waals surface area contributed by atoms with Crippen LogP contribution in [0.5, 0.6) is 0 Å². The number of aromatic nitrogens is 3. The van der Waals surface area contributed by atoms with E-state index >= 15 is 0 Å². The maximum Gasteiger partial charge on any atom is 0.141 e. The molecule has 2 heterocycles. The fourth-order valence-electron chi connectivity index (χ4n) is 1.64. The van der Waals surface area contributed by atoms with Gasteiger partial charge in [0.25, 0.3) is 0 Å². The number of aliphatic hydroxyl groups is 1. The maximum atomic E-state index is 13.0. The van der Waals surface area contributed by atoms with E-state index in [1.54, 1.807) is 17.1 Å². The van der Waals surface area contributed by atoms with E-state index in [-0.39, 0.29) is 0 Å². The van der Waals surface area contributed by atoms with E-state index < -0.39 is 11.9 Å². The Bertz CT molecular complexity index is 498. The molecule has 0 bridgehead atoms. The molecule has 0 saturated carbocycles. The molecule has 0 saturated heterocycles. The number of nitrogens with zero attached hydrogens (tertiary/aromatic N) is 3.